The van der Waals surface area contributed by atoms with Crippen LogP contribution >= 0.6 is 0 Å². The van der Waals surface area contributed by atoms with E-state index in [1.165, 1.54) is 0 Å². The predicted molar refractivity (Wildman–Crippen MR) is 71.1 cm³/mol. The first-order valence-corrected chi connectivity index (χ1v) is 6.88. The van der Waals surface area contributed by atoms with E-state index < -0.39 is 0 Å². The minimum absolute atomic E-state index is 0.0444. The van der Waals surface area contributed by atoms with Gasteiger partial charge < -0.3 is 14.8 Å². The molecule has 20 heavy (non-hydrogen) atoms. The van der Waals surface area contributed by atoms with Gasteiger partial charge in [0.05, 0.1) is 24.7 Å². The number of nitrogens with one attached hydrogen (secondary N) is 1. The van der Waals surface area contributed by atoms with Crippen LogP contribution in [0.15, 0.2) is 30.3 Å². The van der Waals surface area contributed by atoms with E-state index in [4.69, 9.17) is 9.47 Å². The molecule has 1 aliphatic heterocycles. The Balaban J connectivity index is 1.69. The molecule has 0 unspecified atom stereocenters. The van der Waals surface area contributed by atoms with E-state index in [-0.39, 0.29) is 36.0 Å². The van der Waals surface area contributed by atoms with Gasteiger partial charge in [-0.05, 0) is 25.5 Å². The summed E-state index contributed by atoms with van der Waals surface area (Å²) in [6, 6.07) is 8.68. The molecule has 106 valence electrons. The Bertz CT molecular complexity index is 516. The third-order valence-electron chi connectivity index (χ3n) is 3.82. The molecular weight excluding hydrogens is 258 g/mol. The Morgan fingerprint density at radius 2 is 2.10 bits per heavy atom. The second-order valence-corrected chi connectivity index (χ2v) is 5.10. The average molecular weight is 275 g/mol. The summed E-state index contributed by atoms with van der Waals surface area (Å²) < 4.78 is 10.5. The van der Waals surface area contributed by atoms with E-state index in [1.54, 1.807) is 19.1 Å². The third-order valence-corrected chi connectivity index (χ3v) is 3.82. The number of ether oxygens (including phenoxy) is 2. The lowest BCUT2D eigenvalue weighted by molar-refractivity contribution is -0.149. The lowest BCUT2D eigenvalue weighted by Gasteiger charge is -2.21. The normalized spacial score (nSPS) is 30.4. The van der Waals surface area contributed by atoms with Gasteiger partial charge >= 0.3 is 5.97 Å². The minimum atomic E-state index is -0.300. The molecule has 0 spiro atoms. The van der Waals surface area contributed by atoms with Crippen LogP contribution in [0, 0.1) is 5.92 Å². The summed E-state index contributed by atoms with van der Waals surface area (Å²) in [5.74, 6) is -0.728. The van der Waals surface area contributed by atoms with Crippen LogP contribution in [-0.2, 0) is 14.3 Å². The number of hydrogen-bond acceptors (Lipinski definition) is 4. The van der Waals surface area contributed by atoms with Crippen molar-refractivity contribution in [3.05, 3.63) is 35.9 Å². The average Bonchev–Trinajstić information content (AvgIpc) is 3.15. The SMILES string of the molecule is CCOC(=O)[C@@H]1C[C@@H]2O[C@@H]2[C@@H]1NC(=O)c1ccccc1. The fraction of sp³-hybridized carbons (Fsp3) is 0.467. The summed E-state index contributed by atoms with van der Waals surface area (Å²) in [5.41, 5.74) is 0.583. The van der Waals surface area contributed by atoms with Crippen LogP contribution in [-0.4, -0.2) is 36.7 Å². The van der Waals surface area contributed by atoms with Gasteiger partial charge in [0, 0.05) is 5.56 Å². The van der Waals surface area contributed by atoms with Crippen LogP contribution in [0.5, 0.6) is 0 Å². The highest BCUT2D eigenvalue weighted by atomic mass is 16.6. The molecular formula is C15H17NO4. The van der Waals surface area contributed by atoms with Crippen LogP contribution < -0.4 is 5.32 Å². The zero-order valence-corrected chi connectivity index (χ0v) is 11.2. The maximum Gasteiger partial charge on any atom is 0.311 e. The van der Waals surface area contributed by atoms with Crippen LogP contribution in [0.4, 0.5) is 0 Å². The van der Waals surface area contributed by atoms with E-state index in [2.05, 4.69) is 5.32 Å². The first-order chi connectivity index (χ1) is 9.70. The highest BCUT2D eigenvalue weighted by molar-refractivity contribution is 5.94. The largest absolute Gasteiger partial charge is 0.466 e. The smallest absolute Gasteiger partial charge is 0.311 e. The van der Waals surface area contributed by atoms with E-state index in [9.17, 15) is 9.59 Å². The molecule has 0 bridgehead atoms. The standard InChI is InChI=1S/C15H17NO4/c1-2-19-15(18)10-8-11-13(20-11)12(10)16-14(17)9-6-4-3-5-7-9/h3-7,10-13H,2,8H2,1H3,(H,16,17)/t10-,11+,12-,13+/m1/s1. The van der Waals surface area contributed by atoms with Crippen molar-refractivity contribution in [1.82, 2.24) is 5.32 Å². The molecule has 1 aliphatic carbocycles. The van der Waals surface area contributed by atoms with Crippen molar-refractivity contribution >= 4 is 11.9 Å². The first-order valence-electron chi connectivity index (χ1n) is 6.88. The van der Waals surface area contributed by atoms with Gasteiger partial charge in [-0.2, -0.15) is 0 Å². The molecule has 0 radical (unpaired) electrons. The maximum atomic E-state index is 12.2. The number of carbonyl (C=O) groups is 2. The summed E-state index contributed by atoms with van der Waals surface area (Å²) in [5, 5.41) is 2.91. The number of fused-ring (bicyclic) bond motifs is 1. The maximum absolute atomic E-state index is 12.2. The molecule has 4 atom stereocenters. The molecule has 2 aliphatic rings. The molecule has 1 saturated heterocycles. The van der Waals surface area contributed by atoms with Gasteiger partial charge in [0.1, 0.15) is 6.10 Å². The summed E-state index contributed by atoms with van der Waals surface area (Å²) in [7, 11) is 0. The van der Waals surface area contributed by atoms with Gasteiger partial charge in [-0.1, -0.05) is 18.2 Å². The highest BCUT2D eigenvalue weighted by Crippen LogP contribution is 2.43. The molecule has 5 nitrogen and oxygen atoms in total. The van der Waals surface area contributed by atoms with Crippen molar-refractivity contribution in [2.75, 3.05) is 6.61 Å². The third kappa shape index (κ3) is 2.41. The number of hydrogen-bond donors (Lipinski definition) is 1. The number of benzene rings is 1. The zero-order chi connectivity index (χ0) is 14.1. The monoisotopic (exact) mass is 275 g/mol. The van der Waals surface area contributed by atoms with Crippen molar-refractivity contribution in [2.45, 2.75) is 31.6 Å². The predicted octanol–water partition coefficient (Wildman–Crippen LogP) is 1.14. The van der Waals surface area contributed by atoms with Gasteiger partial charge in [0.25, 0.3) is 5.91 Å². The van der Waals surface area contributed by atoms with E-state index in [0.29, 0.717) is 18.6 Å². The lowest BCUT2D eigenvalue weighted by Crippen LogP contribution is -2.44. The number of amides is 1. The van der Waals surface area contributed by atoms with Crippen molar-refractivity contribution in [3.8, 4) is 0 Å². The van der Waals surface area contributed by atoms with Crippen molar-refractivity contribution in [2.24, 2.45) is 5.92 Å². The van der Waals surface area contributed by atoms with Gasteiger partial charge in [-0.15, -0.1) is 0 Å². The van der Waals surface area contributed by atoms with Crippen molar-refractivity contribution in [3.63, 3.8) is 0 Å². The number of rotatable bonds is 4. The molecule has 5 heteroatoms. The quantitative estimate of drug-likeness (QED) is 0.661. The van der Waals surface area contributed by atoms with Crippen LogP contribution in [0.3, 0.4) is 0 Å². The molecule has 2 fully saturated rings. The van der Waals surface area contributed by atoms with E-state index in [0.717, 1.165) is 0 Å². The fourth-order valence-corrected chi connectivity index (χ4v) is 2.79. The molecule has 1 aromatic carbocycles. The zero-order valence-electron chi connectivity index (χ0n) is 11.2. The van der Waals surface area contributed by atoms with Crippen molar-refractivity contribution in [1.29, 1.82) is 0 Å². The summed E-state index contributed by atoms with van der Waals surface area (Å²) in [6.45, 7) is 2.13. The van der Waals surface area contributed by atoms with Gasteiger partial charge in [0.2, 0.25) is 0 Å². The molecule has 0 aromatic heterocycles. The van der Waals surface area contributed by atoms with E-state index in [1.807, 2.05) is 18.2 Å². The van der Waals surface area contributed by atoms with Crippen LogP contribution in [0.2, 0.25) is 0 Å². The Morgan fingerprint density at radius 3 is 2.80 bits per heavy atom. The van der Waals surface area contributed by atoms with Gasteiger partial charge in [-0.3, -0.25) is 9.59 Å². The van der Waals surface area contributed by atoms with Crippen molar-refractivity contribution < 1.29 is 19.1 Å². The number of esters is 1. The molecule has 1 N–H and O–H groups in total. The summed E-state index contributed by atoms with van der Waals surface area (Å²) in [4.78, 5) is 24.1. The van der Waals surface area contributed by atoms with E-state index >= 15 is 0 Å². The van der Waals surface area contributed by atoms with Crippen LogP contribution in [0.1, 0.15) is 23.7 Å². The highest BCUT2D eigenvalue weighted by Gasteiger charge is 2.58. The Hall–Kier alpha value is -1.88. The minimum Gasteiger partial charge on any atom is -0.466 e. The summed E-state index contributed by atoms with van der Waals surface area (Å²) in [6.07, 6.45) is 0.672. The first kappa shape index (κ1) is 13.1. The number of carbonyl (C=O) groups excluding carboxylic acids is 2. The molecule has 1 aromatic rings. The summed E-state index contributed by atoms with van der Waals surface area (Å²) >= 11 is 0. The molecule has 1 saturated carbocycles. The fourth-order valence-electron chi connectivity index (χ4n) is 2.79. The van der Waals surface area contributed by atoms with Crippen LogP contribution in [0.25, 0.3) is 0 Å². The molecule has 3 rings (SSSR count). The Kier molecular flexibility index (Phi) is 3.44. The second kappa shape index (κ2) is 5.25. The van der Waals surface area contributed by atoms with Gasteiger partial charge in [0.15, 0.2) is 0 Å². The lowest BCUT2D eigenvalue weighted by atomic mass is 10.0. The second-order valence-electron chi connectivity index (χ2n) is 5.10. The molecule has 1 heterocycles. The Labute approximate surface area is 117 Å². The molecule has 1 amide bonds. The Morgan fingerprint density at radius 1 is 1.35 bits per heavy atom. The topological polar surface area (TPSA) is 67.9 Å². The number of epoxide rings is 1. The van der Waals surface area contributed by atoms with Gasteiger partial charge in [-0.25, -0.2) is 0 Å².